The molecule has 0 radical (unpaired) electrons. The van der Waals surface area contributed by atoms with Gasteiger partial charge < -0.3 is 4.40 Å². The summed E-state index contributed by atoms with van der Waals surface area (Å²) < 4.78 is 2.49. The van der Waals surface area contributed by atoms with E-state index in [2.05, 4.69) is 192 Å². The Labute approximate surface area is 396 Å². The second kappa shape index (κ2) is 11.8. The predicted octanol–water partition coefficient (Wildman–Crippen LogP) is 14.7. The molecule has 0 atom stereocenters. The van der Waals surface area contributed by atoms with Gasteiger partial charge in [0.1, 0.15) is 0 Å². The maximum absolute atomic E-state index is 11.4. The van der Waals surface area contributed by atoms with Crippen molar-refractivity contribution in [1.29, 1.82) is 10.5 Å². The van der Waals surface area contributed by atoms with Crippen LogP contribution in [0.1, 0.15) is 147 Å². The van der Waals surface area contributed by atoms with Gasteiger partial charge in [-0.3, -0.25) is 0 Å². The zero-order valence-corrected chi connectivity index (χ0v) is 37.0. The van der Waals surface area contributed by atoms with Gasteiger partial charge in [0.05, 0.1) is 39.8 Å². The summed E-state index contributed by atoms with van der Waals surface area (Å²) in [7, 11) is 0. The first-order valence-electron chi connectivity index (χ1n) is 24.4. The van der Waals surface area contributed by atoms with Gasteiger partial charge in [0.2, 0.25) is 0 Å². The van der Waals surface area contributed by atoms with Crippen molar-refractivity contribution in [2.45, 2.75) is 35.5 Å². The van der Waals surface area contributed by atoms with Crippen LogP contribution in [0.3, 0.4) is 0 Å². The fourth-order valence-electron chi connectivity index (χ4n) is 15.9. The largest absolute Gasteiger partial charge is 0.308 e. The summed E-state index contributed by atoms with van der Waals surface area (Å²) in [5, 5.41) is 30.3. The topological polar surface area (TPSA) is 52.0 Å². The fraction of sp³-hybridized carbons (Fsp3) is 0.0909. The zero-order chi connectivity index (χ0) is 44.7. The van der Waals surface area contributed by atoms with Gasteiger partial charge in [-0.2, -0.15) is 10.5 Å². The van der Waals surface area contributed by atoms with Crippen molar-refractivity contribution in [3.63, 3.8) is 0 Å². The first kappa shape index (κ1) is 35.4. The number of rotatable bonds is 0. The number of aromatic nitrogens is 1. The third-order valence-corrected chi connectivity index (χ3v) is 18.0. The Morgan fingerprint density at radius 1 is 0.304 bits per heavy atom. The standard InChI is InChI=1S/C66H35N3/c67-30-33-27-51-61(64-53(33)57-39-17-5-9-21-43(39)59(64)44-22-10-6-18-40(44)57)50-26-32-25-48-49(56-37-15-3-1-13-35(37)55(48)36-14-2-4-16-38(36)56)29-47(32)62-63-52(69(51)66(50)62)28-34(31-68)54-58-41-19-7-11-23-45(41)60(65(54)63)46-24-12-8-20-42(46)58/h1-29,55-60H. The summed E-state index contributed by atoms with van der Waals surface area (Å²) >= 11 is 0. The van der Waals surface area contributed by atoms with Gasteiger partial charge in [-0.25, -0.2) is 0 Å². The summed E-state index contributed by atoms with van der Waals surface area (Å²) in [6.45, 7) is 0. The minimum Gasteiger partial charge on any atom is -0.308 e. The summed E-state index contributed by atoms with van der Waals surface area (Å²) in [5.74, 6) is 0.106. The second-order valence-electron chi connectivity index (χ2n) is 20.6. The van der Waals surface area contributed by atoms with Crippen molar-refractivity contribution in [2.24, 2.45) is 0 Å². The number of hydrogen-bond acceptors (Lipinski definition) is 2. The van der Waals surface area contributed by atoms with Gasteiger partial charge >= 0.3 is 0 Å². The number of nitrogens with zero attached hydrogens (tertiary/aromatic N) is 3. The molecule has 0 N–H and O–H groups in total. The van der Waals surface area contributed by atoms with Crippen molar-refractivity contribution in [2.75, 3.05) is 0 Å². The lowest BCUT2D eigenvalue weighted by molar-refractivity contribution is 0.756. The van der Waals surface area contributed by atoms with E-state index in [0.717, 1.165) is 33.3 Å². The highest BCUT2D eigenvalue weighted by Gasteiger charge is 2.48. The molecule has 21 rings (SSSR count). The van der Waals surface area contributed by atoms with Crippen LogP contribution in [0.5, 0.6) is 0 Å². The fourth-order valence-corrected chi connectivity index (χ4v) is 15.9. The molecule has 0 unspecified atom stereocenters. The molecule has 0 spiro atoms. The zero-order valence-electron chi connectivity index (χ0n) is 37.0. The highest BCUT2D eigenvalue weighted by molar-refractivity contribution is 6.33. The van der Waals surface area contributed by atoms with Gasteiger partial charge in [-0.15, -0.1) is 0 Å². The maximum Gasteiger partial charge on any atom is 0.0995 e. The van der Waals surface area contributed by atoms with Crippen LogP contribution >= 0.6 is 0 Å². The smallest absolute Gasteiger partial charge is 0.0995 e. The van der Waals surface area contributed by atoms with Gasteiger partial charge in [0, 0.05) is 57.1 Å². The molecule has 3 heteroatoms. The van der Waals surface area contributed by atoms with E-state index >= 15 is 0 Å². The molecule has 2 aromatic heterocycles. The lowest BCUT2D eigenvalue weighted by Gasteiger charge is -2.43. The molecule has 314 valence electrons. The Morgan fingerprint density at radius 2 is 0.638 bits per heavy atom. The molecule has 0 fully saturated rings. The Morgan fingerprint density at radius 3 is 1.03 bits per heavy atom. The highest BCUT2D eigenvalue weighted by Crippen LogP contribution is 2.64. The first-order valence-corrected chi connectivity index (χ1v) is 24.4. The number of benzene rings is 10. The van der Waals surface area contributed by atoms with E-state index < -0.39 is 0 Å². The summed E-state index contributed by atoms with van der Waals surface area (Å²) in [5.41, 5.74) is 28.6. The molecule has 6 bridgehead atoms. The molecule has 0 amide bonds. The van der Waals surface area contributed by atoms with Crippen molar-refractivity contribution in [3.8, 4) is 12.1 Å². The van der Waals surface area contributed by atoms with E-state index in [9.17, 15) is 10.5 Å². The van der Waals surface area contributed by atoms with E-state index in [0.29, 0.717) is 0 Å². The average molecular weight is 870 g/mol. The number of nitriles is 2. The van der Waals surface area contributed by atoms with Crippen LogP contribution in [-0.2, 0) is 0 Å². The molecular formula is C66H35N3. The summed E-state index contributed by atoms with van der Waals surface area (Å²) in [4.78, 5) is 0. The molecule has 3 nitrogen and oxygen atoms in total. The third-order valence-electron chi connectivity index (χ3n) is 18.0. The summed E-state index contributed by atoms with van der Waals surface area (Å²) in [6.07, 6.45) is 0. The molecule has 9 aliphatic rings. The van der Waals surface area contributed by atoms with E-state index in [1.807, 2.05) is 0 Å². The Bertz CT molecular complexity index is 4430. The van der Waals surface area contributed by atoms with Gasteiger partial charge in [-0.05, 0) is 141 Å². The molecule has 69 heavy (non-hydrogen) atoms. The van der Waals surface area contributed by atoms with E-state index in [1.54, 1.807) is 0 Å². The van der Waals surface area contributed by atoms with Crippen LogP contribution < -0.4 is 0 Å². The van der Waals surface area contributed by atoms with E-state index in [4.69, 9.17) is 0 Å². The highest BCUT2D eigenvalue weighted by atomic mass is 14.9. The molecular weight excluding hydrogens is 835 g/mol. The van der Waals surface area contributed by atoms with Crippen molar-refractivity contribution in [3.05, 3.63) is 287 Å². The molecule has 10 aromatic carbocycles. The van der Waals surface area contributed by atoms with Crippen LogP contribution in [0.25, 0.3) is 48.9 Å². The maximum atomic E-state index is 11.4. The number of hydrogen-bond donors (Lipinski definition) is 0. The van der Waals surface area contributed by atoms with Crippen LogP contribution in [0, 0.1) is 22.7 Å². The minimum absolute atomic E-state index is 0.0282. The van der Waals surface area contributed by atoms with Crippen LogP contribution in [0.4, 0.5) is 0 Å². The molecule has 12 aromatic rings. The quantitative estimate of drug-likeness (QED) is 0.152. The predicted molar refractivity (Wildman–Crippen MR) is 272 cm³/mol. The Hall–Kier alpha value is -8.76. The molecule has 9 aliphatic carbocycles. The van der Waals surface area contributed by atoms with Gasteiger partial charge in [-0.1, -0.05) is 146 Å². The SMILES string of the molecule is N#Cc1cc2c(c3c1C1c4ccccc4C3c3ccccc31)c1cc3cc4c(cc3c3c5c6c(c(C#N)cc5n2c13)C1c2ccccc2C6c2ccccc21)C1c2ccccc2C4c2ccccc21. The Balaban J connectivity index is 1.06. The molecule has 0 aliphatic heterocycles. The lowest BCUT2D eigenvalue weighted by Crippen LogP contribution is -2.28. The van der Waals surface area contributed by atoms with Gasteiger partial charge in [0.15, 0.2) is 0 Å². The summed E-state index contributed by atoms with van der Waals surface area (Å²) in [6, 6.07) is 71.8. The Kier molecular flexibility index (Phi) is 6.08. The molecule has 2 heterocycles. The average Bonchev–Trinajstić information content (AvgIpc) is 3.93. The monoisotopic (exact) mass is 869 g/mol. The second-order valence-corrected chi connectivity index (χ2v) is 20.6. The van der Waals surface area contributed by atoms with Crippen molar-refractivity contribution < 1.29 is 0 Å². The van der Waals surface area contributed by atoms with Crippen molar-refractivity contribution >= 4 is 48.9 Å². The third kappa shape index (κ3) is 3.83. The van der Waals surface area contributed by atoms with Crippen LogP contribution in [0.2, 0.25) is 0 Å². The molecule has 0 saturated carbocycles. The lowest BCUT2D eigenvalue weighted by atomic mass is 9.59. The van der Waals surface area contributed by atoms with E-state index in [1.165, 1.54) is 127 Å². The van der Waals surface area contributed by atoms with E-state index in [-0.39, 0.29) is 35.5 Å². The van der Waals surface area contributed by atoms with Gasteiger partial charge in [0.25, 0.3) is 0 Å². The molecule has 0 saturated heterocycles. The van der Waals surface area contributed by atoms with Crippen LogP contribution in [0.15, 0.2) is 176 Å². The number of fused-ring (bicyclic) bond motifs is 8. The van der Waals surface area contributed by atoms with Crippen molar-refractivity contribution in [1.82, 2.24) is 4.40 Å². The van der Waals surface area contributed by atoms with Crippen LogP contribution in [-0.4, -0.2) is 4.40 Å². The minimum atomic E-state index is -0.0519. The normalized spacial score (nSPS) is 20.7. The first-order chi connectivity index (χ1) is 34.2.